The highest BCUT2D eigenvalue weighted by molar-refractivity contribution is 6.03. The fraction of sp³-hybridized carbons (Fsp3) is 0.316. The molecule has 20 heavy (non-hydrogen) atoms. The molecule has 0 heterocycles. The normalized spacial score (nSPS) is 20.1. The lowest BCUT2D eigenvalue weighted by molar-refractivity contribution is 0.713. The minimum absolute atomic E-state index is 0.367. The van der Waals surface area contributed by atoms with E-state index in [-0.39, 0.29) is 0 Å². The fourth-order valence-corrected chi connectivity index (χ4v) is 3.11. The number of rotatable bonds is 2. The molecule has 1 heteroatoms. The van der Waals surface area contributed by atoms with Gasteiger partial charge in [-0.3, -0.25) is 4.99 Å². The van der Waals surface area contributed by atoms with Gasteiger partial charge < -0.3 is 0 Å². The van der Waals surface area contributed by atoms with Crippen molar-refractivity contribution in [3.63, 3.8) is 0 Å². The minimum Gasteiger partial charge on any atom is -0.286 e. The van der Waals surface area contributed by atoms with Crippen molar-refractivity contribution in [2.75, 3.05) is 0 Å². The zero-order valence-corrected chi connectivity index (χ0v) is 12.2. The van der Waals surface area contributed by atoms with Gasteiger partial charge in [-0.25, -0.2) is 0 Å². The van der Waals surface area contributed by atoms with Crippen LogP contribution in [0.4, 0.5) is 0 Å². The molecule has 3 rings (SSSR count). The molecule has 102 valence electrons. The third-order valence-electron chi connectivity index (χ3n) is 3.93. The van der Waals surface area contributed by atoms with Crippen LogP contribution in [-0.4, -0.2) is 11.8 Å². The van der Waals surface area contributed by atoms with Gasteiger partial charge in [0, 0.05) is 17.7 Å². The van der Waals surface area contributed by atoms with E-state index in [1.54, 1.807) is 0 Å². The predicted octanol–water partition coefficient (Wildman–Crippen LogP) is 4.81. The molecule has 0 amide bonds. The molecule has 0 aromatic heterocycles. The maximum atomic E-state index is 4.82. The second-order valence-corrected chi connectivity index (χ2v) is 5.76. The SMILES string of the molecule is CC(C)N=C1CCC(c2ccccc2)c2ccccc21. The van der Waals surface area contributed by atoms with Crippen LogP contribution >= 0.6 is 0 Å². The van der Waals surface area contributed by atoms with E-state index >= 15 is 0 Å². The monoisotopic (exact) mass is 263 g/mol. The second kappa shape index (κ2) is 5.62. The van der Waals surface area contributed by atoms with E-state index in [0.717, 1.165) is 12.8 Å². The summed E-state index contributed by atoms with van der Waals surface area (Å²) < 4.78 is 0. The topological polar surface area (TPSA) is 12.4 Å². The molecular weight excluding hydrogens is 242 g/mol. The molecule has 0 spiro atoms. The summed E-state index contributed by atoms with van der Waals surface area (Å²) in [6.07, 6.45) is 2.24. The number of aliphatic imine (C=N–C) groups is 1. The molecule has 1 atom stereocenters. The Morgan fingerprint density at radius 2 is 1.65 bits per heavy atom. The molecule has 1 aliphatic carbocycles. The molecule has 0 radical (unpaired) electrons. The molecule has 1 aliphatic rings. The minimum atomic E-state index is 0.367. The Bertz CT molecular complexity index is 611. The second-order valence-electron chi connectivity index (χ2n) is 5.76. The highest BCUT2D eigenvalue weighted by Crippen LogP contribution is 2.36. The van der Waals surface area contributed by atoms with E-state index in [2.05, 4.69) is 68.4 Å². The molecule has 2 aromatic carbocycles. The van der Waals surface area contributed by atoms with Crippen LogP contribution in [0.1, 0.15) is 49.3 Å². The zero-order chi connectivity index (χ0) is 13.9. The lowest BCUT2D eigenvalue weighted by Crippen LogP contribution is -2.18. The maximum Gasteiger partial charge on any atom is 0.0446 e. The van der Waals surface area contributed by atoms with Gasteiger partial charge in [0.25, 0.3) is 0 Å². The largest absolute Gasteiger partial charge is 0.286 e. The number of fused-ring (bicyclic) bond motifs is 1. The van der Waals surface area contributed by atoms with Gasteiger partial charge in [-0.15, -0.1) is 0 Å². The molecule has 0 N–H and O–H groups in total. The summed E-state index contributed by atoms with van der Waals surface area (Å²) in [4.78, 5) is 4.82. The Morgan fingerprint density at radius 3 is 2.40 bits per heavy atom. The van der Waals surface area contributed by atoms with Gasteiger partial charge in [0.15, 0.2) is 0 Å². The number of hydrogen-bond acceptors (Lipinski definition) is 1. The first-order valence-electron chi connectivity index (χ1n) is 7.46. The van der Waals surface area contributed by atoms with Crippen molar-refractivity contribution in [2.24, 2.45) is 4.99 Å². The third-order valence-corrected chi connectivity index (χ3v) is 3.93. The van der Waals surface area contributed by atoms with E-state index in [4.69, 9.17) is 4.99 Å². The van der Waals surface area contributed by atoms with Gasteiger partial charge >= 0.3 is 0 Å². The van der Waals surface area contributed by atoms with E-state index < -0.39 is 0 Å². The van der Waals surface area contributed by atoms with Crippen LogP contribution in [0.15, 0.2) is 59.6 Å². The molecule has 0 aliphatic heterocycles. The first kappa shape index (κ1) is 13.1. The van der Waals surface area contributed by atoms with Crippen molar-refractivity contribution in [3.8, 4) is 0 Å². The smallest absolute Gasteiger partial charge is 0.0446 e. The van der Waals surface area contributed by atoms with Crippen LogP contribution in [0.5, 0.6) is 0 Å². The fourth-order valence-electron chi connectivity index (χ4n) is 3.11. The quantitative estimate of drug-likeness (QED) is 0.737. The molecule has 0 bridgehead atoms. The average molecular weight is 263 g/mol. The molecule has 1 unspecified atom stereocenters. The maximum absolute atomic E-state index is 4.82. The van der Waals surface area contributed by atoms with Crippen molar-refractivity contribution < 1.29 is 0 Å². The lowest BCUT2D eigenvalue weighted by Gasteiger charge is -2.27. The molecule has 0 saturated heterocycles. The van der Waals surface area contributed by atoms with Crippen molar-refractivity contribution in [1.82, 2.24) is 0 Å². The van der Waals surface area contributed by atoms with Crippen LogP contribution in [0.25, 0.3) is 0 Å². The summed E-state index contributed by atoms with van der Waals surface area (Å²) in [5.41, 5.74) is 5.48. The third kappa shape index (κ3) is 2.53. The van der Waals surface area contributed by atoms with Crippen molar-refractivity contribution in [1.29, 1.82) is 0 Å². The van der Waals surface area contributed by atoms with Crippen LogP contribution in [0.2, 0.25) is 0 Å². The van der Waals surface area contributed by atoms with Gasteiger partial charge in [0.1, 0.15) is 0 Å². The predicted molar refractivity (Wildman–Crippen MR) is 85.6 cm³/mol. The Labute approximate surface area is 121 Å². The van der Waals surface area contributed by atoms with Crippen molar-refractivity contribution in [2.45, 2.75) is 38.6 Å². The summed E-state index contributed by atoms with van der Waals surface area (Å²) in [6.45, 7) is 4.30. The summed E-state index contributed by atoms with van der Waals surface area (Å²) >= 11 is 0. The Balaban J connectivity index is 2.06. The molecule has 2 aromatic rings. The van der Waals surface area contributed by atoms with E-state index in [1.807, 2.05) is 0 Å². The lowest BCUT2D eigenvalue weighted by atomic mass is 9.78. The number of nitrogens with zero attached hydrogens (tertiary/aromatic N) is 1. The van der Waals surface area contributed by atoms with Crippen molar-refractivity contribution >= 4 is 5.71 Å². The van der Waals surface area contributed by atoms with Crippen LogP contribution in [0.3, 0.4) is 0 Å². The first-order valence-corrected chi connectivity index (χ1v) is 7.46. The van der Waals surface area contributed by atoms with Crippen molar-refractivity contribution in [3.05, 3.63) is 71.3 Å². The van der Waals surface area contributed by atoms with Gasteiger partial charge in [-0.05, 0) is 43.4 Å². The Hall–Kier alpha value is -1.89. The summed E-state index contributed by atoms with van der Waals surface area (Å²) in [7, 11) is 0. The standard InChI is InChI=1S/C19H21N/c1-14(2)20-19-13-12-16(15-8-4-3-5-9-15)17-10-6-7-11-18(17)19/h3-11,14,16H,12-13H2,1-2H3. The zero-order valence-electron chi connectivity index (χ0n) is 12.2. The van der Waals surface area contributed by atoms with Gasteiger partial charge in [-0.2, -0.15) is 0 Å². The average Bonchev–Trinajstić information content (AvgIpc) is 2.48. The molecule has 1 nitrogen and oxygen atoms in total. The Morgan fingerprint density at radius 1 is 0.950 bits per heavy atom. The van der Waals surface area contributed by atoms with E-state index in [0.29, 0.717) is 12.0 Å². The molecule has 0 fully saturated rings. The summed E-state index contributed by atoms with van der Waals surface area (Å²) in [5, 5.41) is 0. The highest BCUT2D eigenvalue weighted by atomic mass is 14.8. The van der Waals surface area contributed by atoms with Crippen LogP contribution in [0, 0.1) is 0 Å². The van der Waals surface area contributed by atoms with Gasteiger partial charge in [0.2, 0.25) is 0 Å². The number of hydrogen-bond donors (Lipinski definition) is 0. The molecular formula is C19H21N. The van der Waals surface area contributed by atoms with E-state index in [9.17, 15) is 0 Å². The van der Waals surface area contributed by atoms with E-state index in [1.165, 1.54) is 22.4 Å². The first-order chi connectivity index (χ1) is 9.75. The van der Waals surface area contributed by atoms with Gasteiger partial charge in [0.05, 0.1) is 0 Å². The summed E-state index contributed by atoms with van der Waals surface area (Å²) in [5.74, 6) is 0.513. The number of benzene rings is 2. The van der Waals surface area contributed by atoms with Crippen LogP contribution < -0.4 is 0 Å². The highest BCUT2D eigenvalue weighted by Gasteiger charge is 2.24. The summed E-state index contributed by atoms with van der Waals surface area (Å²) in [6, 6.07) is 20.0. The van der Waals surface area contributed by atoms with Gasteiger partial charge in [-0.1, -0.05) is 54.6 Å². The van der Waals surface area contributed by atoms with Crippen LogP contribution in [-0.2, 0) is 0 Å². The Kier molecular flexibility index (Phi) is 3.68. The molecule has 0 saturated carbocycles.